The van der Waals surface area contributed by atoms with Crippen molar-refractivity contribution in [2.24, 2.45) is 0 Å². The summed E-state index contributed by atoms with van der Waals surface area (Å²) >= 11 is 3.27. The quantitative estimate of drug-likeness (QED) is 0.684. The molecule has 5 heteroatoms. The van der Waals surface area contributed by atoms with E-state index in [4.69, 9.17) is 4.74 Å². The van der Waals surface area contributed by atoms with Crippen LogP contribution >= 0.6 is 15.9 Å². The summed E-state index contributed by atoms with van der Waals surface area (Å²) in [6, 6.07) is 7.14. The SMILES string of the molecule is CCOC(=O)c1nc(Br)c2ccccc2c1O. The molecule has 1 N–H and O–H groups in total. The first-order chi connectivity index (χ1) is 8.15. The smallest absolute Gasteiger partial charge is 0.360 e. The first-order valence-electron chi connectivity index (χ1n) is 5.09. The number of fused-ring (bicyclic) bond motifs is 1. The Morgan fingerprint density at radius 3 is 2.71 bits per heavy atom. The molecular formula is C12H10BrNO3. The lowest BCUT2D eigenvalue weighted by atomic mass is 10.1. The Bertz CT molecular complexity index is 583. The van der Waals surface area contributed by atoms with Crippen LogP contribution in [-0.4, -0.2) is 22.7 Å². The minimum Gasteiger partial charge on any atom is -0.505 e. The topological polar surface area (TPSA) is 59.4 Å². The molecule has 0 saturated heterocycles. The van der Waals surface area contributed by atoms with E-state index in [0.29, 0.717) is 9.99 Å². The van der Waals surface area contributed by atoms with Crippen LogP contribution in [0.15, 0.2) is 28.9 Å². The number of ether oxygens (including phenoxy) is 1. The molecule has 0 unspecified atom stereocenters. The molecule has 0 atom stereocenters. The number of hydrogen-bond donors (Lipinski definition) is 1. The van der Waals surface area contributed by atoms with Crippen molar-refractivity contribution in [3.05, 3.63) is 34.6 Å². The van der Waals surface area contributed by atoms with Gasteiger partial charge in [-0.1, -0.05) is 24.3 Å². The molecule has 0 saturated carbocycles. The fourth-order valence-electron chi connectivity index (χ4n) is 1.55. The van der Waals surface area contributed by atoms with Crippen LogP contribution < -0.4 is 0 Å². The van der Waals surface area contributed by atoms with Crippen LogP contribution in [-0.2, 0) is 4.74 Å². The van der Waals surface area contributed by atoms with Crippen molar-refractivity contribution in [2.75, 3.05) is 6.61 Å². The number of carbonyl (C=O) groups excluding carboxylic acids is 1. The van der Waals surface area contributed by atoms with Gasteiger partial charge in [0.15, 0.2) is 11.4 Å². The molecule has 17 heavy (non-hydrogen) atoms. The number of pyridine rings is 1. The second-order valence-electron chi connectivity index (χ2n) is 3.37. The van der Waals surface area contributed by atoms with E-state index in [1.54, 1.807) is 25.1 Å². The Morgan fingerprint density at radius 2 is 2.06 bits per heavy atom. The van der Waals surface area contributed by atoms with Crippen molar-refractivity contribution in [1.82, 2.24) is 4.98 Å². The molecule has 0 spiro atoms. The van der Waals surface area contributed by atoms with Gasteiger partial charge >= 0.3 is 5.97 Å². The summed E-state index contributed by atoms with van der Waals surface area (Å²) in [5, 5.41) is 11.3. The van der Waals surface area contributed by atoms with Gasteiger partial charge in [-0.05, 0) is 22.9 Å². The lowest BCUT2D eigenvalue weighted by Gasteiger charge is -2.08. The van der Waals surface area contributed by atoms with Crippen LogP contribution in [0.4, 0.5) is 0 Å². The van der Waals surface area contributed by atoms with Gasteiger partial charge in [-0.3, -0.25) is 0 Å². The summed E-state index contributed by atoms with van der Waals surface area (Å²) < 4.78 is 5.34. The standard InChI is InChI=1S/C12H10BrNO3/c1-2-17-12(16)9-10(15)7-5-3-4-6-8(7)11(13)14-9/h3-6,15H,2H2,1H3. The number of halogens is 1. The number of esters is 1. The van der Waals surface area contributed by atoms with E-state index in [-0.39, 0.29) is 18.1 Å². The largest absolute Gasteiger partial charge is 0.505 e. The van der Waals surface area contributed by atoms with Crippen LogP contribution in [0.1, 0.15) is 17.4 Å². The maximum atomic E-state index is 11.6. The minimum absolute atomic E-state index is 0.0718. The first kappa shape index (κ1) is 11.9. The number of aromatic hydroxyl groups is 1. The van der Waals surface area contributed by atoms with Crippen molar-refractivity contribution >= 4 is 32.7 Å². The molecule has 1 heterocycles. The molecule has 0 radical (unpaired) electrons. The highest BCUT2D eigenvalue weighted by molar-refractivity contribution is 9.10. The highest BCUT2D eigenvalue weighted by Crippen LogP contribution is 2.32. The van der Waals surface area contributed by atoms with Crippen LogP contribution in [0, 0.1) is 0 Å². The number of aromatic nitrogens is 1. The molecule has 2 aromatic rings. The maximum absolute atomic E-state index is 11.6. The van der Waals surface area contributed by atoms with Crippen LogP contribution in [0.5, 0.6) is 5.75 Å². The summed E-state index contributed by atoms with van der Waals surface area (Å²) in [5.41, 5.74) is -0.0718. The molecular weight excluding hydrogens is 286 g/mol. The molecule has 0 bridgehead atoms. The molecule has 0 aliphatic rings. The van der Waals surface area contributed by atoms with Gasteiger partial charge in [0.05, 0.1) is 6.61 Å². The Balaban J connectivity index is 2.67. The van der Waals surface area contributed by atoms with Gasteiger partial charge in [0.1, 0.15) is 4.60 Å². The molecule has 1 aromatic carbocycles. The normalized spacial score (nSPS) is 10.5. The van der Waals surface area contributed by atoms with Gasteiger partial charge in [0, 0.05) is 10.8 Å². The number of nitrogens with zero attached hydrogens (tertiary/aromatic N) is 1. The van der Waals surface area contributed by atoms with Crippen LogP contribution in [0.2, 0.25) is 0 Å². The predicted octanol–water partition coefficient (Wildman–Crippen LogP) is 2.88. The van der Waals surface area contributed by atoms with E-state index >= 15 is 0 Å². The third-order valence-electron chi connectivity index (χ3n) is 2.31. The fraction of sp³-hybridized carbons (Fsp3) is 0.167. The van der Waals surface area contributed by atoms with Crippen molar-refractivity contribution in [3.8, 4) is 5.75 Å². The summed E-state index contributed by atoms with van der Waals surface area (Å²) in [5.74, 6) is -0.779. The van der Waals surface area contributed by atoms with Gasteiger partial charge in [-0.25, -0.2) is 9.78 Å². The zero-order valence-electron chi connectivity index (χ0n) is 9.11. The summed E-state index contributed by atoms with van der Waals surface area (Å²) in [6.07, 6.45) is 0. The van der Waals surface area contributed by atoms with Gasteiger partial charge in [-0.2, -0.15) is 0 Å². The third-order valence-corrected chi connectivity index (χ3v) is 2.91. The molecule has 4 nitrogen and oxygen atoms in total. The average Bonchev–Trinajstić information content (AvgIpc) is 2.34. The minimum atomic E-state index is -0.628. The Kier molecular flexibility index (Phi) is 3.28. The monoisotopic (exact) mass is 295 g/mol. The van der Waals surface area contributed by atoms with Crippen LogP contribution in [0.3, 0.4) is 0 Å². The Hall–Kier alpha value is -1.62. The number of rotatable bonds is 2. The van der Waals surface area contributed by atoms with E-state index in [9.17, 15) is 9.90 Å². The number of benzene rings is 1. The maximum Gasteiger partial charge on any atom is 0.360 e. The number of carbonyl (C=O) groups is 1. The molecule has 0 aliphatic heterocycles. The third kappa shape index (κ3) is 2.10. The van der Waals surface area contributed by atoms with Gasteiger partial charge in [-0.15, -0.1) is 0 Å². The van der Waals surface area contributed by atoms with Crippen molar-refractivity contribution in [2.45, 2.75) is 6.92 Å². The Labute approximate surface area is 106 Å². The van der Waals surface area contributed by atoms with Crippen molar-refractivity contribution in [3.63, 3.8) is 0 Å². The second-order valence-corrected chi connectivity index (χ2v) is 4.12. The zero-order chi connectivity index (χ0) is 12.4. The van der Waals surface area contributed by atoms with E-state index in [1.807, 2.05) is 6.07 Å². The molecule has 1 aromatic heterocycles. The summed E-state index contributed by atoms with van der Waals surface area (Å²) in [4.78, 5) is 15.6. The highest BCUT2D eigenvalue weighted by Gasteiger charge is 2.18. The molecule has 0 fully saturated rings. The fourth-order valence-corrected chi connectivity index (χ4v) is 2.07. The molecule has 0 aliphatic carbocycles. The predicted molar refractivity (Wildman–Crippen MR) is 67.1 cm³/mol. The number of hydrogen-bond acceptors (Lipinski definition) is 4. The molecule has 88 valence electrons. The molecule has 0 amide bonds. The summed E-state index contributed by atoms with van der Waals surface area (Å²) in [7, 11) is 0. The van der Waals surface area contributed by atoms with E-state index < -0.39 is 5.97 Å². The van der Waals surface area contributed by atoms with Crippen LogP contribution in [0.25, 0.3) is 10.8 Å². The second kappa shape index (κ2) is 4.71. The van der Waals surface area contributed by atoms with Crippen molar-refractivity contribution in [1.29, 1.82) is 0 Å². The van der Waals surface area contributed by atoms with Crippen molar-refractivity contribution < 1.29 is 14.6 Å². The van der Waals surface area contributed by atoms with Gasteiger partial charge < -0.3 is 9.84 Å². The highest BCUT2D eigenvalue weighted by atomic mass is 79.9. The summed E-state index contributed by atoms with van der Waals surface area (Å²) in [6.45, 7) is 1.94. The Morgan fingerprint density at radius 1 is 1.41 bits per heavy atom. The first-order valence-corrected chi connectivity index (χ1v) is 5.88. The average molecular weight is 296 g/mol. The molecule has 2 rings (SSSR count). The lowest BCUT2D eigenvalue weighted by molar-refractivity contribution is 0.0516. The van der Waals surface area contributed by atoms with Gasteiger partial charge in [0.25, 0.3) is 0 Å². The van der Waals surface area contributed by atoms with E-state index in [1.165, 1.54) is 0 Å². The van der Waals surface area contributed by atoms with E-state index in [2.05, 4.69) is 20.9 Å². The van der Waals surface area contributed by atoms with Gasteiger partial charge in [0.2, 0.25) is 0 Å². The van der Waals surface area contributed by atoms with E-state index in [0.717, 1.165) is 5.39 Å². The lowest BCUT2D eigenvalue weighted by Crippen LogP contribution is -2.08. The zero-order valence-corrected chi connectivity index (χ0v) is 10.7.